The van der Waals surface area contributed by atoms with Crippen LogP contribution in [0, 0.1) is 6.07 Å². The van der Waals surface area contributed by atoms with Gasteiger partial charge >= 0.3 is 0 Å². The summed E-state index contributed by atoms with van der Waals surface area (Å²) in [6, 6.07) is 191. The van der Waals surface area contributed by atoms with Gasteiger partial charge in [0.2, 0.25) is 0 Å². The maximum absolute atomic E-state index is 4.39. The zero-order valence-electron chi connectivity index (χ0n) is 72.3. The van der Waals surface area contributed by atoms with Crippen molar-refractivity contribution in [2.75, 3.05) is 29.4 Å². The summed E-state index contributed by atoms with van der Waals surface area (Å²) in [7, 11) is 6.97. The average molecular weight is 1890 g/mol. The smallest absolute Gasteiger partial charge is 0.265 e. The number of nitrogens with zero attached hydrogens (tertiary/aromatic N) is 8. The number of rotatable bonds is 20. The third-order valence-electron chi connectivity index (χ3n) is 23.4. The Balaban J connectivity index is 0.000000160. The zero-order valence-corrected chi connectivity index (χ0v) is 75.7. The standard InChI is InChI=1S/C66H48N4.C44H32N2.C11H8N.BHNP.Ir/c1-4-22-55(23-5-1)68(64-31-28-49-16-10-13-19-52(49)46-64)61-40-34-58(35-41-61)67(59-36-42-62(43-37-59)69(56-24-6-2-7-25-56)65-32-29-50-17-11-14-20-53(50)47-65)60-38-44-63(45-39-60)70(57-26-8-3-9-27-57)66-33-30-51-18-12-15-21-54(51)48-66;1-3-17-37(18-4-1)45(43-23-11-15-35-13-7-9-21-41(35)43)39-29-25-33(26-30-39)34-27-31-40(32-28-34)46(38-19-5-2-6-20-38)44-24-12-16-36-14-8-10-22-42(36)44;1-2-6-10(7-3-1)11-8-4-5-9-12-11;1-2-3;/h1-48H;1-32H;1-6,8-9H;3H;/q;;-1;;. The van der Waals surface area contributed by atoms with Crippen LogP contribution < -0.4 is 29.4 Å². The van der Waals surface area contributed by atoms with Gasteiger partial charge in [0.05, 0.1) is 11.4 Å². The number of anilines is 18. The van der Waals surface area contributed by atoms with Crippen molar-refractivity contribution in [3.63, 3.8) is 0 Å². The number of aromatic nitrogens is 1. The number of pyridine rings is 1. The summed E-state index contributed by atoms with van der Waals surface area (Å²) < 4.78 is 2.81. The maximum atomic E-state index is 4.39. The van der Waals surface area contributed by atoms with Crippen LogP contribution in [0.5, 0.6) is 0 Å². The van der Waals surface area contributed by atoms with E-state index in [1.165, 1.54) is 65.0 Å². The van der Waals surface area contributed by atoms with Crippen molar-refractivity contribution in [2.45, 2.75) is 0 Å². The second-order valence-corrected chi connectivity index (χ2v) is 31.8. The van der Waals surface area contributed by atoms with Crippen molar-refractivity contribution < 1.29 is 20.1 Å². The van der Waals surface area contributed by atoms with Crippen molar-refractivity contribution in [1.82, 2.24) is 4.98 Å². The second kappa shape index (κ2) is 41.6. The number of para-hydroxylation sites is 5. The van der Waals surface area contributed by atoms with Gasteiger partial charge in [-0.25, -0.2) is 0 Å². The molecule has 132 heavy (non-hydrogen) atoms. The van der Waals surface area contributed by atoms with Crippen LogP contribution in [0.15, 0.2) is 539 Å². The SMILES string of the molecule is [B]N=P.[Ir].[c-]1ccccc1-c1ccccn1.c1ccc(N(c2ccc(-c3ccc(N(c4ccccc4)c4cccc5ccccc45)cc3)cc2)c2cccc3ccccc23)cc1.c1ccc(N(c2ccc(N(c3ccc(N(c4ccccc4)c4ccc5ccccc5c4)cc3)c3ccc(N(c4ccccc4)c4ccc5ccccc5c4)cc3)cc2)c2ccc3ccccc3c2)cc1. The van der Waals surface area contributed by atoms with Gasteiger partial charge in [0.1, 0.15) is 0 Å². The van der Waals surface area contributed by atoms with Crippen LogP contribution >= 0.6 is 9.03 Å². The Labute approximate surface area is 788 Å². The van der Waals surface area contributed by atoms with Crippen LogP contribution in [0.4, 0.5) is 102 Å². The predicted molar refractivity (Wildman–Crippen MR) is 559 cm³/mol. The molecule has 0 unspecified atom stereocenters. The summed E-state index contributed by atoms with van der Waals surface area (Å²) in [6.07, 6.45) is 1.79. The molecule has 0 aliphatic rings. The number of fused-ring (bicyclic) bond motifs is 5. The van der Waals surface area contributed by atoms with Gasteiger partial charge in [-0.3, -0.25) is 0 Å². The molecular formula is C121H89BIrN8P-. The predicted octanol–water partition coefficient (Wildman–Crippen LogP) is 34.6. The van der Waals surface area contributed by atoms with E-state index in [2.05, 4.69) is 547 Å². The molecular weight excluding hydrogens is 1800 g/mol. The third kappa shape index (κ3) is 19.6. The number of benzene rings is 21. The van der Waals surface area contributed by atoms with Crippen LogP contribution in [-0.4, -0.2) is 13.0 Å². The molecule has 0 N–H and O–H groups in total. The van der Waals surface area contributed by atoms with Crippen LogP contribution in [0.2, 0.25) is 0 Å². The molecule has 0 saturated carbocycles. The molecule has 3 radical (unpaired) electrons. The van der Waals surface area contributed by atoms with E-state index < -0.39 is 0 Å². The van der Waals surface area contributed by atoms with Crippen LogP contribution in [-0.2, 0) is 20.1 Å². The van der Waals surface area contributed by atoms with E-state index in [1.807, 2.05) is 42.5 Å². The van der Waals surface area contributed by atoms with Gasteiger partial charge in [-0.2, -0.15) is 0 Å². The molecule has 8 nitrogen and oxygen atoms in total. The van der Waals surface area contributed by atoms with Gasteiger partial charge in [-0.1, -0.05) is 291 Å². The van der Waals surface area contributed by atoms with E-state index in [0.717, 1.165) is 114 Å². The maximum Gasteiger partial charge on any atom is 0.265 e. The molecule has 21 aromatic carbocycles. The molecule has 0 spiro atoms. The summed E-state index contributed by atoms with van der Waals surface area (Å²) in [5.74, 6) is 0. The van der Waals surface area contributed by atoms with Crippen molar-refractivity contribution in [1.29, 1.82) is 0 Å². The van der Waals surface area contributed by atoms with Gasteiger partial charge in [0.15, 0.2) is 0 Å². The summed E-state index contributed by atoms with van der Waals surface area (Å²) in [4.78, 5) is 18.3. The molecule has 1 aromatic heterocycles. The van der Waals surface area contributed by atoms with E-state index in [4.69, 9.17) is 0 Å². The molecule has 631 valence electrons. The Bertz CT molecular complexity index is 6950. The molecule has 0 saturated heterocycles. The third-order valence-corrected chi connectivity index (χ3v) is 23.4. The number of hydrogen-bond acceptors (Lipinski definition) is 8. The fourth-order valence-corrected chi connectivity index (χ4v) is 17.2. The summed E-state index contributed by atoms with van der Waals surface area (Å²) in [6.45, 7) is 0. The van der Waals surface area contributed by atoms with Crippen molar-refractivity contribution in [2.24, 2.45) is 4.66 Å². The molecule has 0 aliphatic heterocycles. The van der Waals surface area contributed by atoms with Gasteiger partial charge in [-0.05, 0) is 281 Å². The fraction of sp³-hybridized carbons (Fsp3) is 0. The first kappa shape index (κ1) is 86.4. The van der Waals surface area contributed by atoms with E-state index in [0.29, 0.717) is 0 Å². The Morgan fingerprint density at radius 1 is 0.205 bits per heavy atom. The number of hydrogen-bond donors (Lipinski definition) is 0. The van der Waals surface area contributed by atoms with Crippen molar-refractivity contribution >= 4 is 173 Å². The molecule has 0 bridgehead atoms. The normalized spacial score (nSPS) is 10.7. The summed E-state index contributed by atoms with van der Waals surface area (Å²) in [5.41, 5.74) is 24.1. The first-order chi connectivity index (χ1) is 64.9. The average Bonchev–Trinajstić information content (AvgIpc) is 0.762. The molecule has 0 atom stereocenters. The van der Waals surface area contributed by atoms with E-state index in [-0.39, 0.29) is 20.1 Å². The van der Waals surface area contributed by atoms with Crippen LogP contribution in [0.25, 0.3) is 76.2 Å². The van der Waals surface area contributed by atoms with Gasteiger partial charge in [-0.15, -0.1) is 35.9 Å². The van der Waals surface area contributed by atoms with Gasteiger partial charge in [0.25, 0.3) is 7.98 Å². The molecule has 22 aromatic rings. The van der Waals surface area contributed by atoms with Crippen molar-refractivity contribution in [3.8, 4) is 22.4 Å². The summed E-state index contributed by atoms with van der Waals surface area (Å²) >= 11 is 0. The Morgan fingerprint density at radius 3 is 0.742 bits per heavy atom. The van der Waals surface area contributed by atoms with Crippen LogP contribution in [0.1, 0.15) is 0 Å². The molecule has 11 heteroatoms. The quantitative estimate of drug-likeness (QED) is 0.0428. The monoisotopic (exact) mass is 1890 g/mol. The largest absolute Gasteiger partial charge is 0.344 e. The minimum Gasteiger partial charge on any atom is -0.344 e. The first-order valence-electron chi connectivity index (χ1n) is 43.9. The molecule has 0 fully saturated rings. The first-order valence-corrected chi connectivity index (χ1v) is 44.3. The molecule has 0 amide bonds. The minimum atomic E-state index is 0. The Morgan fingerprint density at radius 2 is 0.439 bits per heavy atom. The zero-order chi connectivity index (χ0) is 88.3. The molecule has 0 aliphatic carbocycles. The van der Waals surface area contributed by atoms with E-state index in [9.17, 15) is 0 Å². The Kier molecular flexibility index (Phi) is 27.3. The Hall–Kier alpha value is -16.3. The summed E-state index contributed by atoms with van der Waals surface area (Å²) in [5, 5.41) is 12.2. The molecule has 1 heterocycles. The van der Waals surface area contributed by atoms with E-state index in [1.54, 1.807) is 6.20 Å². The van der Waals surface area contributed by atoms with Gasteiger partial charge in [0, 0.05) is 128 Å². The van der Waals surface area contributed by atoms with Gasteiger partial charge < -0.3 is 39.0 Å². The van der Waals surface area contributed by atoms with E-state index >= 15 is 0 Å². The topological polar surface area (TPSA) is 44.7 Å². The minimum absolute atomic E-state index is 0. The van der Waals surface area contributed by atoms with Crippen LogP contribution in [0.3, 0.4) is 0 Å². The second-order valence-electron chi connectivity index (χ2n) is 31.5. The molecule has 22 rings (SSSR count). The fourth-order valence-electron chi connectivity index (χ4n) is 17.2. The van der Waals surface area contributed by atoms with Crippen molar-refractivity contribution in [3.05, 3.63) is 540 Å².